The minimum Gasteiger partial charge on any atom is -0.396 e. The Morgan fingerprint density at radius 1 is 1.20 bits per heavy atom. The topological polar surface area (TPSA) is 61.4 Å². The van der Waals surface area contributed by atoms with E-state index in [2.05, 4.69) is 10.6 Å². The van der Waals surface area contributed by atoms with Crippen LogP contribution in [0, 0.1) is 12.8 Å². The monoisotopic (exact) mass is 276 g/mol. The Morgan fingerprint density at radius 3 is 2.60 bits per heavy atom. The Morgan fingerprint density at radius 2 is 1.90 bits per heavy atom. The summed E-state index contributed by atoms with van der Waals surface area (Å²) in [4.78, 5) is 12.0. The SMILES string of the molecule is Cc1ccc(NC(=O)NC2CCCCCC2CO)cc1. The van der Waals surface area contributed by atoms with E-state index < -0.39 is 0 Å². The van der Waals surface area contributed by atoms with Gasteiger partial charge >= 0.3 is 6.03 Å². The molecule has 1 aromatic carbocycles. The highest BCUT2D eigenvalue weighted by molar-refractivity contribution is 5.89. The summed E-state index contributed by atoms with van der Waals surface area (Å²) in [6, 6.07) is 7.62. The number of carbonyl (C=O) groups excluding carboxylic acids is 1. The van der Waals surface area contributed by atoms with E-state index in [1.165, 1.54) is 12.0 Å². The largest absolute Gasteiger partial charge is 0.396 e. The predicted molar refractivity (Wildman–Crippen MR) is 80.8 cm³/mol. The van der Waals surface area contributed by atoms with E-state index in [1.807, 2.05) is 31.2 Å². The third-order valence-corrected chi connectivity index (χ3v) is 4.02. The first-order chi connectivity index (χ1) is 9.69. The number of anilines is 1. The molecule has 1 fully saturated rings. The number of carbonyl (C=O) groups is 1. The van der Waals surface area contributed by atoms with Crippen molar-refractivity contribution in [1.29, 1.82) is 0 Å². The molecule has 2 rings (SSSR count). The highest BCUT2D eigenvalue weighted by Crippen LogP contribution is 2.23. The molecule has 1 aromatic rings. The minimum absolute atomic E-state index is 0.0768. The van der Waals surface area contributed by atoms with Gasteiger partial charge in [0, 0.05) is 24.3 Å². The van der Waals surface area contributed by atoms with E-state index in [1.54, 1.807) is 0 Å². The Labute approximate surface area is 120 Å². The first kappa shape index (κ1) is 14.9. The van der Waals surface area contributed by atoms with Crippen molar-refractivity contribution in [1.82, 2.24) is 5.32 Å². The average Bonchev–Trinajstić information content (AvgIpc) is 2.66. The highest BCUT2D eigenvalue weighted by Gasteiger charge is 2.24. The number of amides is 2. The summed E-state index contributed by atoms with van der Waals surface area (Å²) in [5.74, 6) is 0.182. The zero-order valence-corrected chi connectivity index (χ0v) is 12.1. The second kappa shape index (κ2) is 7.29. The van der Waals surface area contributed by atoms with Gasteiger partial charge in [0.25, 0.3) is 0 Å². The molecular weight excluding hydrogens is 252 g/mol. The Bertz CT molecular complexity index is 431. The maximum absolute atomic E-state index is 12.0. The number of aliphatic hydroxyl groups excluding tert-OH is 1. The summed E-state index contributed by atoms with van der Waals surface area (Å²) < 4.78 is 0. The van der Waals surface area contributed by atoms with E-state index in [0.29, 0.717) is 0 Å². The first-order valence-corrected chi connectivity index (χ1v) is 7.44. The van der Waals surface area contributed by atoms with Crippen LogP contribution in [0.5, 0.6) is 0 Å². The van der Waals surface area contributed by atoms with Crippen LogP contribution in [0.2, 0.25) is 0 Å². The standard InChI is InChI=1S/C16H24N2O2/c1-12-7-9-14(10-8-12)17-16(20)18-15-6-4-2-3-5-13(15)11-19/h7-10,13,15,19H,2-6,11H2,1H3,(H2,17,18,20). The summed E-state index contributed by atoms with van der Waals surface area (Å²) in [5.41, 5.74) is 1.96. The van der Waals surface area contributed by atoms with E-state index in [4.69, 9.17) is 0 Å². The first-order valence-electron chi connectivity index (χ1n) is 7.44. The van der Waals surface area contributed by atoms with Gasteiger partial charge in [0.1, 0.15) is 0 Å². The smallest absolute Gasteiger partial charge is 0.319 e. The van der Waals surface area contributed by atoms with Crippen molar-refractivity contribution in [2.45, 2.75) is 45.1 Å². The maximum atomic E-state index is 12.0. The zero-order valence-electron chi connectivity index (χ0n) is 12.1. The van der Waals surface area contributed by atoms with Gasteiger partial charge in [-0.25, -0.2) is 4.79 Å². The highest BCUT2D eigenvalue weighted by atomic mass is 16.3. The lowest BCUT2D eigenvalue weighted by Crippen LogP contribution is -2.43. The third kappa shape index (κ3) is 4.23. The van der Waals surface area contributed by atoms with E-state index >= 15 is 0 Å². The molecule has 4 heteroatoms. The van der Waals surface area contributed by atoms with Crippen molar-refractivity contribution in [2.75, 3.05) is 11.9 Å². The van der Waals surface area contributed by atoms with Crippen LogP contribution in [0.25, 0.3) is 0 Å². The normalized spacial score (nSPS) is 22.9. The van der Waals surface area contributed by atoms with Crippen molar-refractivity contribution in [3.05, 3.63) is 29.8 Å². The van der Waals surface area contributed by atoms with Crippen LogP contribution >= 0.6 is 0 Å². The second-order valence-corrected chi connectivity index (χ2v) is 5.65. The molecule has 0 aromatic heterocycles. The predicted octanol–water partition coefficient (Wildman–Crippen LogP) is 3.06. The molecule has 2 atom stereocenters. The summed E-state index contributed by atoms with van der Waals surface area (Å²) in [6.07, 6.45) is 5.39. The molecule has 4 nitrogen and oxygen atoms in total. The van der Waals surface area contributed by atoms with E-state index in [-0.39, 0.29) is 24.6 Å². The Balaban J connectivity index is 1.90. The number of hydrogen-bond donors (Lipinski definition) is 3. The third-order valence-electron chi connectivity index (χ3n) is 4.02. The van der Waals surface area contributed by atoms with Crippen LogP contribution in [-0.4, -0.2) is 23.8 Å². The summed E-state index contributed by atoms with van der Waals surface area (Å²) in [6.45, 7) is 2.16. The number of hydrogen-bond acceptors (Lipinski definition) is 2. The number of aliphatic hydroxyl groups is 1. The molecule has 1 aliphatic carbocycles. The van der Waals surface area contributed by atoms with Gasteiger partial charge in [0.2, 0.25) is 0 Å². The fraction of sp³-hybridized carbons (Fsp3) is 0.562. The molecule has 0 radical (unpaired) electrons. The van der Waals surface area contributed by atoms with Gasteiger partial charge in [0.15, 0.2) is 0 Å². The van der Waals surface area contributed by atoms with Gasteiger partial charge in [0.05, 0.1) is 0 Å². The fourth-order valence-corrected chi connectivity index (χ4v) is 2.77. The molecule has 0 saturated heterocycles. The van der Waals surface area contributed by atoms with Gasteiger partial charge in [-0.1, -0.05) is 37.0 Å². The molecule has 2 amide bonds. The van der Waals surface area contributed by atoms with Crippen molar-refractivity contribution in [2.24, 2.45) is 5.92 Å². The Hall–Kier alpha value is -1.55. The average molecular weight is 276 g/mol. The number of benzene rings is 1. The molecule has 110 valence electrons. The molecule has 20 heavy (non-hydrogen) atoms. The number of rotatable bonds is 3. The number of urea groups is 1. The lowest BCUT2D eigenvalue weighted by atomic mass is 9.96. The summed E-state index contributed by atoms with van der Waals surface area (Å²) >= 11 is 0. The lowest BCUT2D eigenvalue weighted by Gasteiger charge is -2.24. The summed E-state index contributed by atoms with van der Waals surface area (Å²) in [5, 5.41) is 15.3. The van der Waals surface area contributed by atoms with Crippen LogP contribution < -0.4 is 10.6 Å². The summed E-state index contributed by atoms with van der Waals surface area (Å²) in [7, 11) is 0. The molecule has 0 bridgehead atoms. The van der Waals surface area contributed by atoms with Crippen LogP contribution in [0.4, 0.5) is 10.5 Å². The van der Waals surface area contributed by atoms with Gasteiger partial charge in [-0.2, -0.15) is 0 Å². The molecule has 1 aliphatic rings. The van der Waals surface area contributed by atoms with Crippen molar-refractivity contribution >= 4 is 11.7 Å². The molecule has 3 N–H and O–H groups in total. The van der Waals surface area contributed by atoms with Gasteiger partial charge in [-0.15, -0.1) is 0 Å². The van der Waals surface area contributed by atoms with Gasteiger partial charge in [-0.3, -0.25) is 0 Å². The molecule has 0 spiro atoms. The molecule has 2 unspecified atom stereocenters. The van der Waals surface area contributed by atoms with Crippen LogP contribution in [0.15, 0.2) is 24.3 Å². The zero-order chi connectivity index (χ0) is 14.4. The molecule has 1 saturated carbocycles. The minimum atomic E-state index is -0.181. The number of aryl methyl sites for hydroxylation is 1. The maximum Gasteiger partial charge on any atom is 0.319 e. The molecule has 0 aliphatic heterocycles. The Kier molecular flexibility index (Phi) is 5.41. The lowest BCUT2D eigenvalue weighted by molar-refractivity contribution is 0.182. The second-order valence-electron chi connectivity index (χ2n) is 5.65. The van der Waals surface area contributed by atoms with Gasteiger partial charge < -0.3 is 15.7 Å². The van der Waals surface area contributed by atoms with Crippen LogP contribution in [-0.2, 0) is 0 Å². The fourth-order valence-electron chi connectivity index (χ4n) is 2.77. The molecule has 0 heterocycles. The van der Waals surface area contributed by atoms with Gasteiger partial charge in [-0.05, 0) is 31.9 Å². The quantitative estimate of drug-likeness (QED) is 0.743. The van der Waals surface area contributed by atoms with Crippen molar-refractivity contribution < 1.29 is 9.90 Å². The van der Waals surface area contributed by atoms with E-state index in [0.717, 1.165) is 31.4 Å². The van der Waals surface area contributed by atoms with Crippen LogP contribution in [0.3, 0.4) is 0 Å². The van der Waals surface area contributed by atoms with Crippen LogP contribution in [0.1, 0.15) is 37.7 Å². The van der Waals surface area contributed by atoms with Crippen molar-refractivity contribution in [3.8, 4) is 0 Å². The number of nitrogens with one attached hydrogen (secondary N) is 2. The van der Waals surface area contributed by atoms with Crippen molar-refractivity contribution in [3.63, 3.8) is 0 Å². The van der Waals surface area contributed by atoms with E-state index in [9.17, 15) is 9.90 Å². The molecular formula is C16H24N2O2.